The number of amides is 1. The topological polar surface area (TPSA) is 41.5 Å². The molecule has 3 rings (SSSR count). The van der Waals surface area contributed by atoms with Crippen LogP contribution in [0.1, 0.15) is 24.1 Å². The summed E-state index contributed by atoms with van der Waals surface area (Å²) in [6.07, 6.45) is 0. The minimum Gasteiger partial charge on any atom is -0.349 e. The van der Waals surface area contributed by atoms with Crippen molar-refractivity contribution in [3.05, 3.63) is 63.6 Å². The van der Waals surface area contributed by atoms with Crippen molar-refractivity contribution in [2.75, 3.05) is 5.75 Å². The predicted octanol–water partition coefficient (Wildman–Crippen LogP) is 5.84. The average molecular weight is 411 g/mol. The number of halogens is 2. The Bertz CT molecular complexity index is 826. The summed E-state index contributed by atoms with van der Waals surface area (Å²) in [7, 11) is 0. The maximum atomic E-state index is 12.2. The SMILES string of the molecule is CC(NC(=O)CSC1=Nc2ccccc2CS1)c1ccc(Cl)cc1Cl. The van der Waals surface area contributed by atoms with Crippen LogP contribution in [0.25, 0.3) is 0 Å². The van der Waals surface area contributed by atoms with Gasteiger partial charge in [0, 0.05) is 15.8 Å². The lowest BCUT2D eigenvalue weighted by molar-refractivity contribution is -0.119. The second kappa shape index (κ2) is 8.49. The molecule has 25 heavy (non-hydrogen) atoms. The summed E-state index contributed by atoms with van der Waals surface area (Å²) >= 11 is 15.2. The first-order valence-electron chi connectivity index (χ1n) is 7.69. The van der Waals surface area contributed by atoms with Crippen LogP contribution in [-0.2, 0) is 10.5 Å². The number of rotatable bonds is 4. The van der Waals surface area contributed by atoms with Crippen molar-refractivity contribution < 1.29 is 4.79 Å². The van der Waals surface area contributed by atoms with Crippen molar-refractivity contribution in [3.8, 4) is 0 Å². The normalized spacial score (nSPS) is 14.4. The number of aliphatic imine (C=N–C) groups is 1. The highest BCUT2D eigenvalue weighted by Crippen LogP contribution is 2.34. The van der Waals surface area contributed by atoms with Gasteiger partial charge in [0.2, 0.25) is 5.91 Å². The highest BCUT2D eigenvalue weighted by Gasteiger charge is 2.16. The van der Waals surface area contributed by atoms with Crippen LogP contribution < -0.4 is 5.32 Å². The molecule has 1 atom stereocenters. The van der Waals surface area contributed by atoms with E-state index in [1.165, 1.54) is 17.3 Å². The molecule has 3 nitrogen and oxygen atoms in total. The van der Waals surface area contributed by atoms with Gasteiger partial charge in [0.1, 0.15) is 4.38 Å². The van der Waals surface area contributed by atoms with E-state index in [9.17, 15) is 4.79 Å². The zero-order valence-electron chi connectivity index (χ0n) is 13.5. The number of nitrogens with zero attached hydrogens (tertiary/aromatic N) is 1. The molecule has 1 heterocycles. The lowest BCUT2D eigenvalue weighted by atomic mass is 10.1. The van der Waals surface area contributed by atoms with Crippen LogP contribution in [-0.4, -0.2) is 16.0 Å². The third-order valence-electron chi connectivity index (χ3n) is 3.69. The second-order valence-corrected chi connectivity index (χ2v) is 8.57. The number of thioether (sulfide) groups is 2. The van der Waals surface area contributed by atoms with Crippen LogP contribution in [0.5, 0.6) is 0 Å². The second-order valence-electron chi connectivity index (χ2n) is 5.54. The summed E-state index contributed by atoms with van der Waals surface area (Å²) < 4.78 is 0.922. The Morgan fingerprint density at radius 1 is 1.32 bits per heavy atom. The number of carbonyl (C=O) groups excluding carboxylic acids is 1. The molecule has 0 saturated carbocycles. The smallest absolute Gasteiger partial charge is 0.230 e. The minimum atomic E-state index is -0.181. The van der Waals surface area contributed by atoms with Gasteiger partial charge in [0.05, 0.1) is 17.5 Å². The molecule has 2 aromatic carbocycles. The molecular formula is C18H16Cl2N2OS2. The first-order chi connectivity index (χ1) is 12.0. The van der Waals surface area contributed by atoms with E-state index in [1.807, 2.05) is 31.2 Å². The quantitative estimate of drug-likeness (QED) is 0.687. The summed E-state index contributed by atoms with van der Waals surface area (Å²) in [6, 6.07) is 13.2. The number of nitrogens with one attached hydrogen (secondary N) is 1. The van der Waals surface area contributed by atoms with Crippen molar-refractivity contribution in [2.24, 2.45) is 4.99 Å². The first kappa shape index (κ1) is 18.6. The predicted molar refractivity (Wildman–Crippen MR) is 110 cm³/mol. The number of hydrogen-bond acceptors (Lipinski definition) is 4. The molecule has 2 aromatic rings. The van der Waals surface area contributed by atoms with Crippen molar-refractivity contribution in [1.82, 2.24) is 5.32 Å². The fourth-order valence-electron chi connectivity index (χ4n) is 2.43. The van der Waals surface area contributed by atoms with E-state index in [2.05, 4.69) is 16.4 Å². The van der Waals surface area contributed by atoms with Crippen LogP contribution in [0.3, 0.4) is 0 Å². The zero-order chi connectivity index (χ0) is 17.8. The molecular weight excluding hydrogens is 395 g/mol. The van der Waals surface area contributed by atoms with Gasteiger partial charge in [-0.2, -0.15) is 0 Å². The molecule has 1 aliphatic rings. The summed E-state index contributed by atoms with van der Waals surface area (Å²) in [5.74, 6) is 1.16. The molecule has 0 saturated heterocycles. The maximum absolute atomic E-state index is 12.2. The summed E-state index contributed by atoms with van der Waals surface area (Å²) in [6.45, 7) is 1.90. The van der Waals surface area contributed by atoms with E-state index in [4.69, 9.17) is 23.2 Å². The molecule has 1 unspecified atom stereocenters. The molecule has 0 aromatic heterocycles. The Morgan fingerprint density at radius 3 is 2.92 bits per heavy atom. The van der Waals surface area contributed by atoms with E-state index in [0.717, 1.165) is 21.4 Å². The van der Waals surface area contributed by atoms with Gasteiger partial charge in [0.25, 0.3) is 0 Å². The number of benzene rings is 2. The first-order valence-corrected chi connectivity index (χ1v) is 10.4. The van der Waals surface area contributed by atoms with Gasteiger partial charge >= 0.3 is 0 Å². The molecule has 130 valence electrons. The van der Waals surface area contributed by atoms with Crippen molar-refractivity contribution in [1.29, 1.82) is 0 Å². The van der Waals surface area contributed by atoms with Crippen LogP contribution in [0, 0.1) is 0 Å². The molecule has 1 aliphatic heterocycles. The Hall–Kier alpha value is -1.14. The summed E-state index contributed by atoms with van der Waals surface area (Å²) in [5, 5.41) is 4.10. The molecule has 1 amide bonds. The van der Waals surface area contributed by atoms with Gasteiger partial charge in [-0.3, -0.25) is 4.79 Å². The van der Waals surface area contributed by atoms with Gasteiger partial charge in [-0.25, -0.2) is 4.99 Å². The van der Waals surface area contributed by atoms with Gasteiger partial charge < -0.3 is 5.32 Å². The number of para-hydroxylation sites is 1. The third kappa shape index (κ3) is 4.94. The van der Waals surface area contributed by atoms with E-state index in [1.54, 1.807) is 23.9 Å². The molecule has 0 spiro atoms. The Labute approximate surface area is 165 Å². The Balaban J connectivity index is 1.56. The molecule has 0 fully saturated rings. The number of carbonyl (C=O) groups is 1. The minimum absolute atomic E-state index is 0.0503. The largest absolute Gasteiger partial charge is 0.349 e. The van der Waals surface area contributed by atoms with Crippen LogP contribution >= 0.6 is 46.7 Å². The highest BCUT2D eigenvalue weighted by atomic mass is 35.5. The highest BCUT2D eigenvalue weighted by molar-refractivity contribution is 8.38. The average Bonchev–Trinajstić information content (AvgIpc) is 2.59. The van der Waals surface area contributed by atoms with Gasteiger partial charge in [-0.15, -0.1) is 0 Å². The number of hydrogen-bond donors (Lipinski definition) is 1. The van der Waals surface area contributed by atoms with Crippen LogP contribution in [0.4, 0.5) is 5.69 Å². The van der Waals surface area contributed by atoms with Crippen molar-refractivity contribution in [2.45, 2.75) is 18.7 Å². The fraction of sp³-hybridized carbons (Fsp3) is 0.222. The van der Waals surface area contributed by atoms with Crippen molar-refractivity contribution >= 4 is 62.7 Å². The Morgan fingerprint density at radius 2 is 2.12 bits per heavy atom. The summed E-state index contributed by atoms with van der Waals surface area (Å²) in [5.41, 5.74) is 3.07. The molecule has 0 radical (unpaired) electrons. The van der Waals surface area contributed by atoms with E-state index >= 15 is 0 Å². The van der Waals surface area contributed by atoms with Crippen LogP contribution in [0.2, 0.25) is 10.0 Å². The third-order valence-corrected chi connectivity index (χ3v) is 6.50. The lowest BCUT2D eigenvalue weighted by Crippen LogP contribution is -2.28. The lowest BCUT2D eigenvalue weighted by Gasteiger charge is -2.17. The number of fused-ring (bicyclic) bond motifs is 1. The standard InChI is InChI=1S/C18H16Cl2N2OS2/c1-11(14-7-6-13(19)8-15(14)20)21-17(23)10-25-18-22-16-5-3-2-4-12(16)9-24-18/h2-8,11H,9-10H2,1H3,(H,21,23). The molecule has 0 bridgehead atoms. The van der Waals surface area contributed by atoms with Gasteiger partial charge in [-0.1, -0.05) is 71.0 Å². The fourth-order valence-corrected chi connectivity index (χ4v) is 4.87. The molecule has 1 N–H and O–H groups in total. The van der Waals surface area contributed by atoms with Gasteiger partial charge in [-0.05, 0) is 36.2 Å². The molecule has 7 heteroatoms. The summed E-state index contributed by atoms with van der Waals surface area (Å²) in [4.78, 5) is 16.8. The van der Waals surface area contributed by atoms with Gasteiger partial charge in [0.15, 0.2) is 0 Å². The monoisotopic (exact) mass is 410 g/mol. The van der Waals surface area contributed by atoms with E-state index in [0.29, 0.717) is 15.8 Å². The van der Waals surface area contributed by atoms with Crippen molar-refractivity contribution in [3.63, 3.8) is 0 Å². The van der Waals surface area contributed by atoms with E-state index < -0.39 is 0 Å². The maximum Gasteiger partial charge on any atom is 0.230 e. The van der Waals surface area contributed by atoms with E-state index in [-0.39, 0.29) is 11.9 Å². The zero-order valence-corrected chi connectivity index (χ0v) is 16.6. The Kier molecular flexibility index (Phi) is 6.34. The molecule has 0 aliphatic carbocycles. The van der Waals surface area contributed by atoms with Crippen LogP contribution in [0.15, 0.2) is 47.5 Å².